The van der Waals surface area contributed by atoms with E-state index in [9.17, 15) is 23.5 Å². The molecule has 0 bridgehead atoms. The zero-order valence-electron chi connectivity index (χ0n) is 28.0. The predicted molar refractivity (Wildman–Crippen MR) is 180 cm³/mol. The van der Waals surface area contributed by atoms with Gasteiger partial charge in [0.25, 0.3) is 0 Å². The third-order valence-electron chi connectivity index (χ3n) is 10.3. The first kappa shape index (κ1) is 35.1. The average molecular weight is 679 g/mol. The summed E-state index contributed by atoms with van der Waals surface area (Å²) >= 11 is 0. The van der Waals surface area contributed by atoms with Crippen molar-refractivity contribution in [3.05, 3.63) is 101 Å². The van der Waals surface area contributed by atoms with Crippen LogP contribution in [0.5, 0.6) is 0 Å². The Morgan fingerprint density at radius 1 is 1.00 bits per heavy atom. The van der Waals surface area contributed by atoms with E-state index < -0.39 is 11.7 Å². The van der Waals surface area contributed by atoms with Crippen LogP contribution in [-0.4, -0.2) is 93.3 Å². The number of morpholine rings is 1. The summed E-state index contributed by atoms with van der Waals surface area (Å²) in [6.07, 6.45) is 1.36. The summed E-state index contributed by atoms with van der Waals surface area (Å²) < 4.78 is 45.0. The standard InChI is InChI=1S/C38H45F2N3O6/c1-43(20-22-47-23-21-43)19-18-41-35(45)24-49-38(25-48-26-38)17-16-27-2-4-29(5-3-27)36-33(14-15-34(44)28-6-8-30(39)9-7-28)37(46)42(36)32-12-10-31(40)11-13-32/h2-13,33-34,36,44H,14-26H2,1H3/p+1/t33?,34-,36+/m0/s1. The van der Waals surface area contributed by atoms with Crippen molar-refractivity contribution < 1.29 is 42.2 Å². The van der Waals surface area contributed by atoms with Crippen molar-refractivity contribution in [2.45, 2.75) is 43.4 Å². The van der Waals surface area contributed by atoms with Gasteiger partial charge in [-0.15, -0.1) is 0 Å². The topological polar surface area (TPSA) is 97.3 Å². The highest BCUT2D eigenvalue weighted by molar-refractivity contribution is 6.03. The molecular weight excluding hydrogens is 632 g/mol. The molecule has 3 aliphatic rings. The maximum Gasteiger partial charge on any atom is 0.246 e. The number of aryl methyl sites for hydroxylation is 1. The molecule has 1 unspecified atom stereocenters. The van der Waals surface area contributed by atoms with E-state index in [2.05, 4.69) is 12.4 Å². The fraction of sp³-hybridized carbons (Fsp3) is 0.474. The molecule has 3 heterocycles. The minimum atomic E-state index is -0.827. The molecule has 262 valence electrons. The molecule has 2 N–H and O–H groups in total. The number of rotatable bonds is 15. The highest BCUT2D eigenvalue weighted by atomic mass is 19.1. The zero-order valence-corrected chi connectivity index (χ0v) is 28.0. The van der Waals surface area contributed by atoms with Gasteiger partial charge in [-0.05, 0) is 78.8 Å². The van der Waals surface area contributed by atoms with E-state index in [4.69, 9.17) is 14.2 Å². The maximum absolute atomic E-state index is 13.7. The summed E-state index contributed by atoms with van der Waals surface area (Å²) in [6, 6.07) is 19.4. The van der Waals surface area contributed by atoms with E-state index in [1.165, 1.54) is 24.3 Å². The minimum absolute atomic E-state index is 0.0126. The number of benzene rings is 3. The first-order valence-electron chi connectivity index (χ1n) is 17.1. The summed E-state index contributed by atoms with van der Waals surface area (Å²) in [6.45, 7) is 5.71. The van der Waals surface area contributed by atoms with E-state index in [-0.39, 0.29) is 42.0 Å². The van der Waals surface area contributed by atoms with Gasteiger partial charge in [0.2, 0.25) is 11.8 Å². The first-order chi connectivity index (χ1) is 23.6. The van der Waals surface area contributed by atoms with Crippen molar-refractivity contribution in [1.82, 2.24) is 5.32 Å². The number of likely N-dealkylation sites (N-methyl/N-ethyl adjacent to an activating group) is 1. The molecule has 3 aliphatic heterocycles. The van der Waals surface area contributed by atoms with Crippen LogP contribution in [0, 0.1) is 17.6 Å². The summed E-state index contributed by atoms with van der Waals surface area (Å²) in [5.41, 5.74) is 2.74. The predicted octanol–water partition coefficient (Wildman–Crippen LogP) is 4.49. The van der Waals surface area contributed by atoms with Crippen LogP contribution in [0.15, 0.2) is 72.8 Å². The number of aliphatic hydroxyl groups is 1. The van der Waals surface area contributed by atoms with Crippen LogP contribution in [0.4, 0.5) is 14.5 Å². The summed E-state index contributed by atoms with van der Waals surface area (Å²) in [5, 5.41) is 13.7. The van der Waals surface area contributed by atoms with E-state index >= 15 is 0 Å². The average Bonchev–Trinajstić information content (AvgIpc) is 3.08. The molecular formula is C38H46F2N3O6+. The number of hydrogen-bond donors (Lipinski definition) is 2. The molecule has 0 radical (unpaired) electrons. The molecule has 3 aromatic carbocycles. The Bertz CT molecular complexity index is 1560. The van der Waals surface area contributed by atoms with Crippen molar-refractivity contribution >= 4 is 17.5 Å². The number of nitrogens with one attached hydrogen (secondary N) is 1. The van der Waals surface area contributed by atoms with Crippen LogP contribution >= 0.6 is 0 Å². The number of hydrogen-bond acceptors (Lipinski definition) is 6. The lowest BCUT2D eigenvalue weighted by atomic mass is 9.78. The second-order valence-electron chi connectivity index (χ2n) is 13.8. The maximum atomic E-state index is 13.7. The lowest BCUT2D eigenvalue weighted by Gasteiger charge is -2.48. The zero-order chi connectivity index (χ0) is 34.4. The van der Waals surface area contributed by atoms with E-state index in [1.807, 2.05) is 24.3 Å². The molecule has 2 amide bonds. The Balaban J connectivity index is 1.04. The molecule has 3 saturated heterocycles. The van der Waals surface area contributed by atoms with Gasteiger partial charge in [-0.1, -0.05) is 36.4 Å². The number of aliphatic hydroxyl groups excluding tert-OH is 1. The highest BCUT2D eigenvalue weighted by Crippen LogP contribution is 2.46. The molecule has 6 rings (SSSR count). The quantitative estimate of drug-likeness (QED) is 0.182. The van der Waals surface area contributed by atoms with Crippen LogP contribution in [0.2, 0.25) is 0 Å². The van der Waals surface area contributed by atoms with E-state index in [0.717, 1.165) is 54.9 Å². The number of quaternary nitrogens is 1. The second kappa shape index (κ2) is 15.4. The highest BCUT2D eigenvalue weighted by Gasteiger charge is 2.48. The molecule has 3 atom stereocenters. The Morgan fingerprint density at radius 3 is 2.29 bits per heavy atom. The number of anilines is 1. The Labute approximate surface area is 286 Å². The Hall–Kier alpha value is -3.74. The van der Waals surface area contributed by atoms with Gasteiger partial charge in [0, 0.05) is 5.69 Å². The normalized spacial score (nSPS) is 21.8. The van der Waals surface area contributed by atoms with Crippen LogP contribution in [0.25, 0.3) is 0 Å². The van der Waals surface area contributed by atoms with Gasteiger partial charge in [-0.25, -0.2) is 8.78 Å². The van der Waals surface area contributed by atoms with Gasteiger partial charge in [-0.2, -0.15) is 0 Å². The third kappa shape index (κ3) is 8.53. The number of halogens is 2. The SMILES string of the molecule is C[N+]1(CCNC(=O)COC2(CCc3ccc([C@@H]4C(CC[C@H](O)c5ccc(F)cc5)C(=O)N4c4ccc(F)cc4)cc3)COC2)CCOCC1. The monoisotopic (exact) mass is 678 g/mol. The van der Waals surface area contributed by atoms with Gasteiger partial charge in [0.05, 0.1) is 64.6 Å². The van der Waals surface area contributed by atoms with Gasteiger partial charge < -0.3 is 34.0 Å². The summed E-state index contributed by atoms with van der Waals surface area (Å²) in [7, 11) is 2.19. The molecule has 0 saturated carbocycles. The van der Waals surface area contributed by atoms with Gasteiger partial charge >= 0.3 is 0 Å². The largest absolute Gasteiger partial charge is 0.388 e. The van der Waals surface area contributed by atoms with Crippen LogP contribution in [0.1, 0.15) is 48.1 Å². The van der Waals surface area contributed by atoms with E-state index in [0.29, 0.717) is 50.3 Å². The van der Waals surface area contributed by atoms with Crippen molar-refractivity contribution in [1.29, 1.82) is 0 Å². The Kier molecular flexibility index (Phi) is 11.1. The smallest absolute Gasteiger partial charge is 0.246 e. The number of nitrogens with zero attached hydrogens (tertiary/aromatic N) is 2. The van der Waals surface area contributed by atoms with Crippen molar-refractivity contribution in [2.75, 3.05) is 71.2 Å². The van der Waals surface area contributed by atoms with Crippen LogP contribution in [0.3, 0.4) is 0 Å². The molecule has 49 heavy (non-hydrogen) atoms. The van der Waals surface area contributed by atoms with Gasteiger partial charge in [0.15, 0.2) is 0 Å². The first-order valence-corrected chi connectivity index (χ1v) is 17.1. The summed E-state index contributed by atoms with van der Waals surface area (Å²) in [4.78, 5) is 27.7. The van der Waals surface area contributed by atoms with Gasteiger partial charge in [-0.3, -0.25) is 9.59 Å². The molecule has 0 aromatic heterocycles. The molecule has 11 heteroatoms. The summed E-state index contributed by atoms with van der Waals surface area (Å²) in [5.74, 6) is -1.34. The third-order valence-corrected chi connectivity index (χ3v) is 10.3. The fourth-order valence-corrected chi connectivity index (χ4v) is 6.92. The Morgan fingerprint density at radius 2 is 1.65 bits per heavy atom. The van der Waals surface area contributed by atoms with Crippen molar-refractivity contribution in [3.63, 3.8) is 0 Å². The van der Waals surface area contributed by atoms with Crippen LogP contribution < -0.4 is 10.2 Å². The number of β-lactam (4-membered cyclic amide) rings is 1. The number of carbonyl (C=O) groups is 2. The number of ether oxygens (including phenoxy) is 3. The second-order valence-corrected chi connectivity index (χ2v) is 13.8. The minimum Gasteiger partial charge on any atom is -0.388 e. The lowest BCUT2D eigenvalue weighted by Crippen LogP contribution is -2.55. The van der Waals surface area contributed by atoms with Crippen LogP contribution in [-0.2, 0) is 30.2 Å². The van der Waals surface area contributed by atoms with Crippen molar-refractivity contribution in [3.8, 4) is 0 Å². The fourth-order valence-electron chi connectivity index (χ4n) is 6.92. The molecule has 0 aliphatic carbocycles. The molecule has 9 nitrogen and oxygen atoms in total. The molecule has 0 spiro atoms. The van der Waals surface area contributed by atoms with E-state index in [1.54, 1.807) is 29.2 Å². The van der Waals surface area contributed by atoms with Gasteiger partial charge in [0.1, 0.15) is 36.9 Å². The molecule has 3 fully saturated rings. The lowest BCUT2D eigenvalue weighted by molar-refractivity contribution is -0.915. The number of carbonyl (C=O) groups excluding carboxylic acids is 2. The van der Waals surface area contributed by atoms with Crippen molar-refractivity contribution in [2.24, 2.45) is 5.92 Å². The molecule has 3 aromatic rings. The number of amides is 2.